The van der Waals surface area contributed by atoms with E-state index in [0.717, 1.165) is 24.9 Å². The maximum Gasteiger partial charge on any atom is 0.344 e. The fraction of sp³-hybridized carbons (Fsp3) is 0.533. The number of carbonyl (C=O) groups is 1. The Morgan fingerprint density at radius 3 is 2.71 bits per heavy atom. The van der Waals surface area contributed by atoms with Gasteiger partial charge < -0.3 is 14.8 Å². The molecule has 1 aromatic carbocycles. The quantitative estimate of drug-likeness (QED) is 0.551. The average Bonchev–Trinajstić information content (AvgIpc) is 2.44. The van der Waals surface area contributed by atoms with Gasteiger partial charge in [-0.25, -0.2) is 4.79 Å². The summed E-state index contributed by atoms with van der Waals surface area (Å²) < 4.78 is 10.5. The molecule has 1 aromatic rings. The van der Waals surface area contributed by atoms with E-state index < -0.39 is 5.97 Å². The number of ether oxygens (including phenoxy) is 2. The molecule has 0 radical (unpaired) electrons. The second-order valence-corrected chi connectivity index (χ2v) is 5.36. The number of hydrogen-bond acceptors (Lipinski definition) is 4. The fourth-order valence-corrected chi connectivity index (χ4v) is 2.26. The summed E-state index contributed by atoms with van der Waals surface area (Å²) in [5, 5.41) is 4.09. The second kappa shape index (κ2) is 9.87. The van der Waals surface area contributed by atoms with E-state index in [4.69, 9.17) is 32.7 Å². The number of esters is 1. The Labute approximate surface area is 135 Å². The molecule has 0 heterocycles. The summed E-state index contributed by atoms with van der Waals surface area (Å²) >= 11 is 12.1. The topological polar surface area (TPSA) is 47.6 Å². The molecule has 0 fully saturated rings. The van der Waals surface area contributed by atoms with Gasteiger partial charge in [0, 0.05) is 17.1 Å². The van der Waals surface area contributed by atoms with Crippen molar-refractivity contribution in [1.29, 1.82) is 0 Å². The molecular formula is C15H21Cl2NO3. The van der Waals surface area contributed by atoms with Gasteiger partial charge in [0.2, 0.25) is 0 Å². The van der Waals surface area contributed by atoms with Crippen LogP contribution in [0.25, 0.3) is 0 Å². The van der Waals surface area contributed by atoms with Crippen LogP contribution in [0.4, 0.5) is 0 Å². The highest BCUT2D eigenvalue weighted by Crippen LogP contribution is 2.32. The van der Waals surface area contributed by atoms with Gasteiger partial charge in [0.05, 0.1) is 11.6 Å². The molecule has 0 spiro atoms. The smallest absolute Gasteiger partial charge is 0.344 e. The summed E-state index contributed by atoms with van der Waals surface area (Å²) in [6, 6.07) is 3.37. The third kappa shape index (κ3) is 6.55. The summed E-state index contributed by atoms with van der Waals surface area (Å²) in [4.78, 5) is 11.6. The van der Waals surface area contributed by atoms with Crippen LogP contribution in [0.2, 0.25) is 10.0 Å². The van der Waals surface area contributed by atoms with Crippen LogP contribution in [-0.2, 0) is 16.1 Å². The monoisotopic (exact) mass is 333 g/mol. The Bertz CT molecular complexity index is 466. The Kier molecular flexibility index (Phi) is 8.50. The predicted octanol–water partition coefficient (Wildman–Crippen LogP) is 3.83. The van der Waals surface area contributed by atoms with Gasteiger partial charge in [-0.05, 0) is 25.1 Å². The van der Waals surface area contributed by atoms with Gasteiger partial charge in [0.1, 0.15) is 5.75 Å². The van der Waals surface area contributed by atoms with Crippen LogP contribution in [0, 0.1) is 0 Å². The first kappa shape index (κ1) is 18.1. The van der Waals surface area contributed by atoms with E-state index in [1.807, 2.05) is 13.8 Å². The van der Waals surface area contributed by atoms with Crippen molar-refractivity contribution < 1.29 is 14.3 Å². The molecule has 118 valence electrons. The summed E-state index contributed by atoms with van der Waals surface area (Å²) in [5.74, 6) is 0.0679. The Morgan fingerprint density at radius 2 is 2.05 bits per heavy atom. The van der Waals surface area contributed by atoms with Crippen LogP contribution >= 0.6 is 23.2 Å². The number of hydrogen-bond donors (Lipinski definition) is 1. The zero-order valence-corrected chi connectivity index (χ0v) is 13.9. The molecule has 1 rings (SSSR count). The van der Waals surface area contributed by atoms with Crippen molar-refractivity contribution in [1.82, 2.24) is 5.32 Å². The van der Waals surface area contributed by atoms with Crippen molar-refractivity contribution >= 4 is 29.2 Å². The molecule has 0 aliphatic heterocycles. The third-order valence-corrected chi connectivity index (χ3v) is 3.25. The van der Waals surface area contributed by atoms with Gasteiger partial charge in [-0.15, -0.1) is 0 Å². The Morgan fingerprint density at radius 1 is 1.29 bits per heavy atom. The summed E-state index contributed by atoms with van der Waals surface area (Å²) in [6.45, 7) is 5.66. The van der Waals surface area contributed by atoms with Crippen molar-refractivity contribution in [3.63, 3.8) is 0 Å². The summed E-state index contributed by atoms with van der Waals surface area (Å²) in [6.07, 6.45) is 1.82. The zero-order chi connectivity index (χ0) is 15.7. The van der Waals surface area contributed by atoms with E-state index in [9.17, 15) is 4.79 Å². The highest BCUT2D eigenvalue weighted by Gasteiger charge is 2.13. The van der Waals surface area contributed by atoms with E-state index >= 15 is 0 Å². The lowest BCUT2D eigenvalue weighted by Crippen LogP contribution is -2.18. The molecule has 0 aliphatic rings. The molecule has 1 N–H and O–H groups in total. The maximum atomic E-state index is 11.6. The van der Waals surface area contributed by atoms with Crippen LogP contribution in [0.15, 0.2) is 12.1 Å². The highest BCUT2D eigenvalue weighted by atomic mass is 35.5. The van der Waals surface area contributed by atoms with E-state index in [0.29, 0.717) is 28.9 Å². The largest absolute Gasteiger partial charge is 0.480 e. The molecule has 0 atom stereocenters. The number of benzene rings is 1. The van der Waals surface area contributed by atoms with Crippen molar-refractivity contribution in [2.45, 2.75) is 33.2 Å². The average molecular weight is 334 g/mol. The molecule has 4 nitrogen and oxygen atoms in total. The molecule has 0 amide bonds. The molecule has 6 heteroatoms. The minimum atomic E-state index is -0.399. The minimum Gasteiger partial charge on any atom is -0.480 e. The molecule has 0 saturated carbocycles. The van der Waals surface area contributed by atoms with E-state index in [2.05, 4.69) is 5.32 Å². The molecular weight excluding hydrogens is 313 g/mol. The normalized spacial score (nSPS) is 10.5. The van der Waals surface area contributed by atoms with Crippen LogP contribution < -0.4 is 10.1 Å². The van der Waals surface area contributed by atoms with E-state index in [-0.39, 0.29) is 6.61 Å². The maximum absolute atomic E-state index is 11.6. The molecule has 0 bridgehead atoms. The molecule has 21 heavy (non-hydrogen) atoms. The van der Waals surface area contributed by atoms with E-state index in [1.54, 1.807) is 12.1 Å². The van der Waals surface area contributed by atoms with Gasteiger partial charge >= 0.3 is 5.97 Å². The number of rotatable bonds is 9. The Balaban J connectivity index is 2.66. The lowest BCUT2D eigenvalue weighted by Gasteiger charge is -2.14. The predicted molar refractivity (Wildman–Crippen MR) is 85.2 cm³/mol. The SMILES string of the molecule is CCCCOC(=O)COc1c(Cl)cc(Cl)cc1CNCC. The second-order valence-electron chi connectivity index (χ2n) is 4.52. The van der Waals surface area contributed by atoms with Crippen LogP contribution in [0.3, 0.4) is 0 Å². The standard InChI is InChI=1S/C15H21Cl2NO3/c1-3-5-6-20-14(19)10-21-15-11(9-18-4-2)7-12(16)8-13(15)17/h7-8,18H,3-6,9-10H2,1-2H3. The van der Waals surface area contributed by atoms with Gasteiger partial charge in [0.15, 0.2) is 6.61 Å². The van der Waals surface area contributed by atoms with Crippen molar-refractivity contribution in [3.8, 4) is 5.75 Å². The number of nitrogens with one attached hydrogen (secondary N) is 1. The van der Waals surface area contributed by atoms with E-state index in [1.165, 1.54) is 0 Å². The number of unbranched alkanes of at least 4 members (excludes halogenated alkanes) is 1. The number of carbonyl (C=O) groups excluding carboxylic acids is 1. The first-order chi connectivity index (χ1) is 10.1. The van der Waals surface area contributed by atoms with Crippen LogP contribution in [0.1, 0.15) is 32.3 Å². The summed E-state index contributed by atoms with van der Waals surface area (Å²) in [5.41, 5.74) is 0.815. The summed E-state index contributed by atoms with van der Waals surface area (Å²) in [7, 11) is 0. The molecule has 0 aliphatic carbocycles. The molecule has 0 unspecified atom stereocenters. The highest BCUT2D eigenvalue weighted by molar-refractivity contribution is 6.35. The lowest BCUT2D eigenvalue weighted by molar-refractivity contribution is -0.146. The van der Waals surface area contributed by atoms with Gasteiger partial charge in [-0.1, -0.05) is 43.5 Å². The number of halogens is 2. The van der Waals surface area contributed by atoms with Crippen LogP contribution in [-0.4, -0.2) is 25.7 Å². The van der Waals surface area contributed by atoms with Crippen molar-refractivity contribution in [2.24, 2.45) is 0 Å². The lowest BCUT2D eigenvalue weighted by atomic mass is 10.2. The van der Waals surface area contributed by atoms with Gasteiger partial charge in [0.25, 0.3) is 0 Å². The Hall–Kier alpha value is -0.970. The van der Waals surface area contributed by atoms with Crippen LogP contribution in [0.5, 0.6) is 5.75 Å². The molecule has 0 saturated heterocycles. The van der Waals surface area contributed by atoms with Crippen molar-refractivity contribution in [3.05, 3.63) is 27.7 Å². The molecule has 0 aromatic heterocycles. The van der Waals surface area contributed by atoms with Gasteiger partial charge in [-0.2, -0.15) is 0 Å². The third-order valence-electron chi connectivity index (χ3n) is 2.75. The van der Waals surface area contributed by atoms with Gasteiger partial charge in [-0.3, -0.25) is 0 Å². The fourth-order valence-electron chi connectivity index (χ4n) is 1.67. The zero-order valence-electron chi connectivity index (χ0n) is 12.4. The van der Waals surface area contributed by atoms with Crippen molar-refractivity contribution in [2.75, 3.05) is 19.8 Å². The minimum absolute atomic E-state index is 0.163. The first-order valence-corrected chi connectivity index (χ1v) is 7.81. The first-order valence-electron chi connectivity index (χ1n) is 7.05.